The number of aromatic nitrogens is 1. The van der Waals surface area contributed by atoms with Crippen LogP contribution in [0.15, 0.2) is 55.3 Å². The van der Waals surface area contributed by atoms with Gasteiger partial charge >= 0.3 is 0 Å². The molecule has 0 aliphatic rings. The van der Waals surface area contributed by atoms with Crippen molar-refractivity contribution in [2.45, 2.75) is 0 Å². The third kappa shape index (κ3) is 2.84. The summed E-state index contributed by atoms with van der Waals surface area (Å²) in [6, 6.07) is 11.0. The van der Waals surface area contributed by atoms with Crippen molar-refractivity contribution in [2.24, 2.45) is 0 Å². The van der Waals surface area contributed by atoms with Gasteiger partial charge in [-0.05, 0) is 36.4 Å². The fraction of sp³-hybridized carbons (Fsp3) is 0.0714. The van der Waals surface area contributed by atoms with Crippen LogP contribution in [0.3, 0.4) is 0 Å². The summed E-state index contributed by atoms with van der Waals surface area (Å²) in [5.41, 5.74) is 1.80. The molecule has 0 fully saturated rings. The van der Waals surface area contributed by atoms with E-state index in [1.807, 2.05) is 24.3 Å². The van der Waals surface area contributed by atoms with Gasteiger partial charge in [0.25, 0.3) is 0 Å². The van der Waals surface area contributed by atoms with Gasteiger partial charge in [0.15, 0.2) is 0 Å². The van der Waals surface area contributed by atoms with Gasteiger partial charge in [-0.25, -0.2) is 0 Å². The Hall–Kier alpha value is -2.29. The molecule has 0 bridgehead atoms. The van der Waals surface area contributed by atoms with Crippen LogP contribution in [0.2, 0.25) is 0 Å². The Morgan fingerprint density at radius 3 is 2.53 bits per heavy atom. The minimum atomic E-state index is 0.166. The zero-order valence-corrected chi connectivity index (χ0v) is 9.34. The van der Waals surface area contributed by atoms with Crippen LogP contribution in [0, 0.1) is 0 Å². The smallest absolute Gasteiger partial charge is 0.133 e. The summed E-state index contributed by atoms with van der Waals surface area (Å²) in [6.07, 6.45) is 3.13. The molecule has 0 aliphatic carbocycles. The number of ether oxygens (including phenoxy) is 1. The Morgan fingerprint density at radius 2 is 1.94 bits per heavy atom. The van der Waals surface area contributed by atoms with Gasteiger partial charge in [0, 0.05) is 5.56 Å². The van der Waals surface area contributed by atoms with Crippen molar-refractivity contribution in [1.29, 1.82) is 0 Å². The lowest BCUT2D eigenvalue weighted by Crippen LogP contribution is -1.92. The second-order valence-electron chi connectivity index (χ2n) is 3.53. The van der Waals surface area contributed by atoms with Gasteiger partial charge in [0.2, 0.25) is 0 Å². The highest BCUT2D eigenvalue weighted by atomic mass is 16.5. The molecule has 0 saturated carbocycles. The fourth-order valence-corrected chi connectivity index (χ4v) is 1.43. The lowest BCUT2D eigenvalue weighted by molar-refractivity contribution is 0.363. The Labute approximate surface area is 100 Å². The van der Waals surface area contributed by atoms with E-state index in [1.165, 1.54) is 6.20 Å². The molecule has 0 radical (unpaired) electrons. The third-order valence-corrected chi connectivity index (χ3v) is 2.27. The summed E-state index contributed by atoms with van der Waals surface area (Å²) in [5.74, 6) is 0.965. The van der Waals surface area contributed by atoms with E-state index >= 15 is 0 Å². The van der Waals surface area contributed by atoms with Crippen molar-refractivity contribution in [3.05, 3.63) is 55.3 Å². The largest absolute Gasteiger partial charge is 0.506 e. The number of hydrogen-bond donors (Lipinski definition) is 1. The topological polar surface area (TPSA) is 42.4 Å². The van der Waals surface area contributed by atoms with E-state index in [4.69, 9.17) is 9.84 Å². The van der Waals surface area contributed by atoms with Crippen LogP contribution in [-0.2, 0) is 0 Å². The zero-order chi connectivity index (χ0) is 12.1. The second kappa shape index (κ2) is 5.16. The summed E-state index contributed by atoms with van der Waals surface area (Å²) in [6.45, 7) is 4.09. The fourth-order valence-electron chi connectivity index (χ4n) is 1.43. The van der Waals surface area contributed by atoms with E-state index < -0.39 is 0 Å². The predicted molar refractivity (Wildman–Crippen MR) is 67.0 cm³/mol. The molecule has 1 N–H and O–H groups in total. The molecule has 0 amide bonds. The number of benzene rings is 1. The Morgan fingerprint density at radius 1 is 1.18 bits per heavy atom. The van der Waals surface area contributed by atoms with Crippen molar-refractivity contribution in [3.8, 4) is 22.8 Å². The van der Waals surface area contributed by atoms with Gasteiger partial charge < -0.3 is 9.84 Å². The first-order chi connectivity index (χ1) is 8.29. The van der Waals surface area contributed by atoms with Gasteiger partial charge in [0.1, 0.15) is 18.1 Å². The molecule has 3 nitrogen and oxygen atoms in total. The minimum absolute atomic E-state index is 0.166. The first-order valence-corrected chi connectivity index (χ1v) is 5.29. The number of nitrogens with zero attached hydrogens (tertiary/aromatic N) is 1. The van der Waals surface area contributed by atoms with E-state index in [-0.39, 0.29) is 5.75 Å². The van der Waals surface area contributed by atoms with Crippen molar-refractivity contribution in [1.82, 2.24) is 4.98 Å². The third-order valence-electron chi connectivity index (χ3n) is 2.27. The Balaban J connectivity index is 2.17. The van der Waals surface area contributed by atoms with E-state index in [1.54, 1.807) is 18.2 Å². The van der Waals surface area contributed by atoms with E-state index in [9.17, 15) is 0 Å². The van der Waals surface area contributed by atoms with Crippen molar-refractivity contribution in [3.63, 3.8) is 0 Å². The van der Waals surface area contributed by atoms with E-state index in [0.717, 1.165) is 17.0 Å². The maximum absolute atomic E-state index is 9.15. The number of hydrogen-bond acceptors (Lipinski definition) is 3. The van der Waals surface area contributed by atoms with Crippen LogP contribution in [-0.4, -0.2) is 16.7 Å². The number of rotatable bonds is 4. The average molecular weight is 227 g/mol. The summed E-state index contributed by atoms with van der Waals surface area (Å²) in [4.78, 5) is 4.13. The molecule has 0 atom stereocenters. The SMILES string of the molecule is C=CCOc1ccc(-c2ccc(O)cn2)cc1. The number of pyridine rings is 1. The lowest BCUT2D eigenvalue weighted by Gasteiger charge is -2.04. The van der Waals surface area contributed by atoms with Crippen LogP contribution in [0.1, 0.15) is 0 Å². The Bertz CT molecular complexity index is 489. The van der Waals surface area contributed by atoms with Crippen molar-refractivity contribution in [2.75, 3.05) is 6.61 Å². The van der Waals surface area contributed by atoms with Crippen LogP contribution in [0.4, 0.5) is 0 Å². The molecule has 17 heavy (non-hydrogen) atoms. The van der Waals surface area contributed by atoms with Crippen molar-refractivity contribution >= 4 is 0 Å². The average Bonchev–Trinajstić information content (AvgIpc) is 2.38. The van der Waals surface area contributed by atoms with E-state index in [0.29, 0.717) is 6.61 Å². The van der Waals surface area contributed by atoms with Crippen LogP contribution >= 0.6 is 0 Å². The molecule has 86 valence electrons. The molecule has 0 aliphatic heterocycles. The quantitative estimate of drug-likeness (QED) is 0.816. The molecule has 2 rings (SSSR count). The minimum Gasteiger partial charge on any atom is -0.506 e. The highest BCUT2D eigenvalue weighted by molar-refractivity contribution is 5.60. The summed E-state index contributed by atoms with van der Waals surface area (Å²) in [5, 5.41) is 9.15. The first kappa shape index (κ1) is 11.2. The normalized spacial score (nSPS) is 9.88. The zero-order valence-electron chi connectivity index (χ0n) is 9.34. The standard InChI is InChI=1S/C14H13NO2/c1-2-9-17-13-6-3-11(4-7-13)14-8-5-12(16)10-15-14/h2-8,10,16H,1,9H2. The van der Waals surface area contributed by atoms with Gasteiger partial charge in [0.05, 0.1) is 11.9 Å². The lowest BCUT2D eigenvalue weighted by atomic mass is 10.1. The highest BCUT2D eigenvalue weighted by Gasteiger charge is 1.99. The molecule has 1 aromatic carbocycles. The van der Waals surface area contributed by atoms with Gasteiger partial charge in [-0.1, -0.05) is 12.7 Å². The molecule has 0 unspecified atom stereocenters. The monoisotopic (exact) mass is 227 g/mol. The molecule has 0 saturated heterocycles. The van der Waals surface area contributed by atoms with Crippen molar-refractivity contribution < 1.29 is 9.84 Å². The van der Waals surface area contributed by atoms with Crippen LogP contribution in [0.25, 0.3) is 11.3 Å². The maximum atomic E-state index is 9.15. The van der Waals surface area contributed by atoms with E-state index in [2.05, 4.69) is 11.6 Å². The maximum Gasteiger partial charge on any atom is 0.133 e. The number of aromatic hydroxyl groups is 1. The van der Waals surface area contributed by atoms with Gasteiger partial charge in [-0.3, -0.25) is 4.98 Å². The molecule has 2 aromatic rings. The van der Waals surface area contributed by atoms with Crippen LogP contribution in [0.5, 0.6) is 11.5 Å². The molecular weight excluding hydrogens is 214 g/mol. The first-order valence-electron chi connectivity index (χ1n) is 5.29. The van der Waals surface area contributed by atoms with Gasteiger partial charge in [-0.2, -0.15) is 0 Å². The van der Waals surface area contributed by atoms with Gasteiger partial charge in [-0.15, -0.1) is 0 Å². The molecular formula is C14H13NO2. The Kier molecular flexibility index (Phi) is 3.40. The molecule has 0 spiro atoms. The predicted octanol–water partition coefficient (Wildman–Crippen LogP) is 3.02. The molecule has 3 heteroatoms. The summed E-state index contributed by atoms with van der Waals surface area (Å²) < 4.78 is 5.39. The van der Waals surface area contributed by atoms with Crippen LogP contribution < -0.4 is 4.74 Å². The highest BCUT2D eigenvalue weighted by Crippen LogP contribution is 2.21. The summed E-state index contributed by atoms with van der Waals surface area (Å²) in [7, 11) is 0. The molecule has 1 aromatic heterocycles. The summed E-state index contributed by atoms with van der Waals surface area (Å²) >= 11 is 0. The molecule has 1 heterocycles. The second-order valence-corrected chi connectivity index (χ2v) is 3.53.